The molecule has 0 aliphatic heterocycles. The van der Waals surface area contributed by atoms with Gasteiger partial charge in [-0.05, 0) is 0 Å². The molecule has 0 heterocycles. The quantitative estimate of drug-likeness (QED) is 0.330. The summed E-state index contributed by atoms with van der Waals surface area (Å²) in [6.45, 7) is 2.79. The molecule has 0 aromatic carbocycles. The number of alkyl halides is 2. The zero-order valence-electron chi connectivity index (χ0n) is 6.43. The second-order valence-electron chi connectivity index (χ2n) is 2.21. The van der Waals surface area contributed by atoms with Gasteiger partial charge in [-0.3, -0.25) is 0 Å². The van der Waals surface area contributed by atoms with Gasteiger partial charge in [0.05, 0.1) is 0 Å². The molecule has 0 fully saturated rings. The standard InChI is InChI=1S/C7H13INO/c1-7(3-4-9)5-10-6-8-2/h7H,3,5-6H2,1-2H3/q-1. The van der Waals surface area contributed by atoms with E-state index in [0.29, 0.717) is 12.3 Å². The number of rotatable bonds is 5. The van der Waals surface area contributed by atoms with Crippen LogP contribution in [-0.4, -0.2) is 16.2 Å². The molecule has 0 spiro atoms. The third-order valence-electron chi connectivity index (χ3n) is 1.03. The van der Waals surface area contributed by atoms with Crippen molar-refractivity contribution in [2.45, 2.75) is 13.3 Å². The zero-order chi connectivity index (χ0) is 7.82. The molecule has 0 N–H and O–H groups in total. The summed E-state index contributed by atoms with van der Waals surface area (Å²) >= 11 is 0.261. The summed E-state index contributed by atoms with van der Waals surface area (Å²) in [4.78, 5) is 2.19. The molecule has 0 saturated carbocycles. The maximum atomic E-state index is 8.29. The van der Waals surface area contributed by atoms with Crippen molar-refractivity contribution < 1.29 is 25.9 Å². The Balaban J connectivity index is 3.06. The van der Waals surface area contributed by atoms with Crippen molar-refractivity contribution in [3.05, 3.63) is 0 Å². The second-order valence-corrected chi connectivity index (χ2v) is 4.36. The molecular weight excluding hydrogens is 241 g/mol. The molecule has 0 radical (unpaired) electrons. The normalized spacial score (nSPS) is 12.9. The molecule has 60 valence electrons. The number of nitriles is 1. The maximum absolute atomic E-state index is 8.29. The van der Waals surface area contributed by atoms with Crippen molar-refractivity contribution in [1.82, 2.24) is 0 Å². The predicted molar refractivity (Wildman–Crippen MR) is 36.1 cm³/mol. The van der Waals surface area contributed by atoms with Crippen LogP contribution in [0, 0.1) is 17.2 Å². The molecule has 3 heteroatoms. The average Bonchev–Trinajstić information content (AvgIpc) is 1.89. The van der Waals surface area contributed by atoms with E-state index >= 15 is 0 Å². The van der Waals surface area contributed by atoms with E-state index in [-0.39, 0.29) is 21.2 Å². The molecule has 0 bridgehead atoms. The Labute approximate surface area is 72.8 Å². The molecule has 1 unspecified atom stereocenters. The average molecular weight is 254 g/mol. The molecule has 0 amide bonds. The fraction of sp³-hybridized carbons (Fsp3) is 0.857. The Morgan fingerprint density at radius 2 is 2.40 bits per heavy atom. The van der Waals surface area contributed by atoms with Gasteiger partial charge in [0.25, 0.3) is 0 Å². The first-order chi connectivity index (χ1) is 4.81. The summed E-state index contributed by atoms with van der Waals surface area (Å²) in [6, 6.07) is 2.12. The van der Waals surface area contributed by atoms with Crippen LogP contribution in [0.15, 0.2) is 0 Å². The number of halogens is 1. The third kappa shape index (κ3) is 6.30. The Kier molecular flexibility index (Phi) is 7.42. The monoisotopic (exact) mass is 254 g/mol. The van der Waals surface area contributed by atoms with E-state index in [1.165, 1.54) is 0 Å². The molecule has 0 saturated heterocycles. The van der Waals surface area contributed by atoms with Crippen LogP contribution < -0.4 is 21.2 Å². The predicted octanol–water partition coefficient (Wildman–Crippen LogP) is -1.77. The first-order valence-corrected chi connectivity index (χ1v) is 6.88. The minimum atomic E-state index is 0.261. The summed E-state index contributed by atoms with van der Waals surface area (Å²) in [6.07, 6.45) is 0.613. The van der Waals surface area contributed by atoms with Gasteiger partial charge in [-0.25, -0.2) is 0 Å². The van der Waals surface area contributed by atoms with Crippen LogP contribution in [0.2, 0.25) is 0 Å². The van der Waals surface area contributed by atoms with Gasteiger partial charge in [-0.2, -0.15) is 0 Å². The minimum absolute atomic E-state index is 0.261. The van der Waals surface area contributed by atoms with E-state index in [2.05, 4.69) is 11.0 Å². The molecule has 10 heavy (non-hydrogen) atoms. The molecule has 0 aromatic rings. The summed E-state index contributed by atoms with van der Waals surface area (Å²) in [5.41, 5.74) is 0. The van der Waals surface area contributed by atoms with Crippen molar-refractivity contribution in [3.63, 3.8) is 0 Å². The summed E-state index contributed by atoms with van der Waals surface area (Å²) in [5, 5.41) is 8.29. The fourth-order valence-corrected chi connectivity index (χ4v) is 1.23. The number of hydrogen-bond donors (Lipinski definition) is 0. The van der Waals surface area contributed by atoms with Gasteiger partial charge in [0.1, 0.15) is 0 Å². The molecule has 0 rings (SSSR count). The Morgan fingerprint density at radius 1 is 1.70 bits per heavy atom. The van der Waals surface area contributed by atoms with Gasteiger partial charge in [-0.1, -0.05) is 0 Å². The zero-order valence-corrected chi connectivity index (χ0v) is 8.59. The van der Waals surface area contributed by atoms with E-state index in [1.54, 1.807) is 0 Å². The fourth-order valence-electron chi connectivity index (χ4n) is 0.538. The Hall–Kier alpha value is 0.180. The van der Waals surface area contributed by atoms with Gasteiger partial charge in [0, 0.05) is 0 Å². The van der Waals surface area contributed by atoms with E-state index in [4.69, 9.17) is 10.00 Å². The van der Waals surface area contributed by atoms with Gasteiger partial charge in [0.15, 0.2) is 0 Å². The van der Waals surface area contributed by atoms with Crippen LogP contribution in [0.3, 0.4) is 0 Å². The Bertz CT molecular complexity index is 111. The first-order valence-electron chi connectivity index (χ1n) is 3.19. The molecule has 1 atom stereocenters. The molecule has 0 aliphatic rings. The second kappa shape index (κ2) is 7.29. The number of nitrogens with zero attached hydrogens (tertiary/aromatic N) is 1. The number of hydrogen-bond acceptors (Lipinski definition) is 2. The summed E-state index contributed by atoms with van der Waals surface area (Å²) in [5.74, 6) is 0.403. The van der Waals surface area contributed by atoms with E-state index in [0.717, 1.165) is 11.2 Å². The SMILES string of the molecule is C[I-]COCC(C)CC#N. The molecule has 2 nitrogen and oxygen atoms in total. The summed E-state index contributed by atoms with van der Waals surface area (Å²) < 4.78 is 6.22. The van der Waals surface area contributed by atoms with Gasteiger partial charge >= 0.3 is 72.7 Å². The molecular formula is C7H13INO-. The van der Waals surface area contributed by atoms with Crippen LogP contribution in [-0.2, 0) is 4.74 Å². The van der Waals surface area contributed by atoms with Gasteiger partial charge in [0.2, 0.25) is 0 Å². The topological polar surface area (TPSA) is 33.0 Å². The third-order valence-corrected chi connectivity index (χ3v) is 2.09. The van der Waals surface area contributed by atoms with E-state index in [1.807, 2.05) is 6.92 Å². The van der Waals surface area contributed by atoms with Crippen molar-refractivity contribution >= 4 is 0 Å². The van der Waals surface area contributed by atoms with Crippen LogP contribution in [0.25, 0.3) is 0 Å². The van der Waals surface area contributed by atoms with Crippen molar-refractivity contribution in [2.75, 3.05) is 16.2 Å². The van der Waals surface area contributed by atoms with Crippen molar-refractivity contribution in [1.29, 1.82) is 5.26 Å². The van der Waals surface area contributed by atoms with E-state index < -0.39 is 0 Å². The van der Waals surface area contributed by atoms with Crippen LogP contribution in [0.4, 0.5) is 0 Å². The van der Waals surface area contributed by atoms with Crippen molar-refractivity contribution in [2.24, 2.45) is 5.92 Å². The Morgan fingerprint density at radius 3 is 2.90 bits per heavy atom. The first kappa shape index (κ1) is 10.2. The van der Waals surface area contributed by atoms with Gasteiger partial charge < -0.3 is 0 Å². The molecule has 0 aliphatic carbocycles. The van der Waals surface area contributed by atoms with Crippen molar-refractivity contribution in [3.8, 4) is 6.07 Å². The van der Waals surface area contributed by atoms with E-state index in [9.17, 15) is 0 Å². The summed E-state index contributed by atoms with van der Waals surface area (Å²) in [7, 11) is 0. The van der Waals surface area contributed by atoms with Gasteiger partial charge in [-0.15, -0.1) is 0 Å². The number of ether oxygens (including phenoxy) is 1. The molecule has 0 aromatic heterocycles. The van der Waals surface area contributed by atoms with Crippen LogP contribution >= 0.6 is 0 Å². The van der Waals surface area contributed by atoms with Crippen LogP contribution in [0.1, 0.15) is 13.3 Å². The van der Waals surface area contributed by atoms with Crippen LogP contribution in [0.5, 0.6) is 0 Å².